The van der Waals surface area contributed by atoms with Crippen molar-refractivity contribution in [1.82, 2.24) is 10.2 Å². The zero-order chi connectivity index (χ0) is 21.2. The maximum atomic E-state index is 13.0. The molecule has 2 aromatic rings. The number of ether oxygens (including phenoxy) is 1. The highest BCUT2D eigenvalue weighted by atomic mass is 35.5. The highest BCUT2D eigenvalue weighted by Gasteiger charge is 2.27. The second-order valence-corrected chi connectivity index (χ2v) is 7.39. The molecule has 0 aromatic heterocycles. The molecule has 0 fully saturated rings. The predicted octanol–water partition coefficient (Wildman–Crippen LogP) is 4.36. The molecule has 5 nitrogen and oxygen atoms in total. The molecule has 0 radical (unpaired) electrons. The van der Waals surface area contributed by atoms with Gasteiger partial charge >= 0.3 is 0 Å². The van der Waals surface area contributed by atoms with Gasteiger partial charge in [-0.2, -0.15) is 0 Å². The Bertz CT molecular complexity index is 825. The van der Waals surface area contributed by atoms with Crippen molar-refractivity contribution in [1.29, 1.82) is 0 Å². The number of carbonyl (C=O) groups excluding carboxylic acids is 2. The lowest BCUT2D eigenvalue weighted by Crippen LogP contribution is -2.49. The molecule has 0 saturated heterocycles. The Labute approximate surface area is 178 Å². The molecule has 0 spiro atoms. The van der Waals surface area contributed by atoms with Crippen LogP contribution < -0.4 is 10.1 Å². The number of amides is 2. The summed E-state index contributed by atoms with van der Waals surface area (Å²) in [6, 6.07) is 14.2. The number of nitrogens with zero attached hydrogens (tertiary/aromatic N) is 1. The number of para-hydroxylation sites is 1. The predicted molar refractivity (Wildman–Crippen MR) is 116 cm³/mol. The molecular formula is C23H29ClN2O3. The molecule has 1 N–H and O–H groups in total. The van der Waals surface area contributed by atoms with Crippen LogP contribution in [0, 0.1) is 6.92 Å². The van der Waals surface area contributed by atoms with Gasteiger partial charge in [0.15, 0.2) is 6.61 Å². The van der Waals surface area contributed by atoms with Crippen molar-refractivity contribution in [2.75, 3.05) is 13.2 Å². The number of rotatable bonds is 10. The van der Waals surface area contributed by atoms with Gasteiger partial charge in [0.25, 0.3) is 5.91 Å². The molecule has 0 heterocycles. The van der Waals surface area contributed by atoms with Crippen LogP contribution in [0.25, 0.3) is 0 Å². The molecule has 2 aromatic carbocycles. The Morgan fingerprint density at radius 1 is 1.14 bits per heavy atom. The molecule has 6 heteroatoms. The van der Waals surface area contributed by atoms with E-state index in [1.165, 1.54) is 4.90 Å². The number of unbranched alkanes of at least 4 members (excludes halogenated alkanes) is 1. The molecule has 0 aliphatic carbocycles. The number of hydrogen-bond acceptors (Lipinski definition) is 3. The Morgan fingerprint density at radius 2 is 1.83 bits per heavy atom. The van der Waals surface area contributed by atoms with Gasteiger partial charge in [0, 0.05) is 18.1 Å². The summed E-state index contributed by atoms with van der Waals surface area (Å²) in [6.07, 6.45) is 1.88. The zero-order valence-corrected chi connectivity index (χ0v) is 18.0. The van der Waals surface area contributed by atoms with Crippen molar-refractivity contribution in [2.24, 2.45) is 0 Å². The van der Waals surface area contributed by atoms with Crippen LogP contribution in [0.4, 0.5) is 0 Å². The van der Waals surface area contributed by atoms with Crippen molar-refractivity contribution in [3.8, 4) is 5.75 Å². The largest absolute Gasteiger partial charge is 0.484 e. The standard InChI is InChI=1S/C23H29ClN2O3/c1-4-5-14-25-23(28)18(3)26(15-19-11-7-8-12-20(19)24)22(27)16-29-21-13-9-6-10-17(21)2/h6-13,18H,4-5,14-16H2,1-3H3,(H,25,28)/t18-/m0/s1. The summed E-state index contributed by atoms with van der Waals surface area (Å²) in [5.41, 5.74) is 1.73. The van der Waals surface area contributed by atoms with E-state index in [1.807, 2.05) is 49.4 Å². The van der Waals surface area contributed by atoms with Gasteiger partial charge < -0.3 is 15.0 Å². The van der Waals surface area contributed by atoms with Crippen molar-refractivity contribution < 1.29 is 14.3 Å². The Hall–Kier alpha value is -2.53. The molecule has 0 bridgehead atoms. The fourth-order valence-electron chi connectivity index (χ4n) is 2.87. The second kappa shape index (κ2) is 11.5. The van der Waals surface area contributed by atoms with Crippen molar-refractivity contribution in [3.63, 3.8) is 0 Å². The van der Waals surface area contributed by atoms with Gasteiger partial charge in [-0.25, -0.2) is 0 Å². The number of hydrogen-bond donors (Lipinski definition) is 1. The van der Waals surface area contributed by atoms with E-state index in [0.29, 0.717) is 17.3 Å². The number of nitrogens with one attached hydrogen (secondary N) is 1. The molecule has 0 unspecified atom stereocenters. The molecular weight excluding hydrogens is 388 g/mol. The number of halogens is 1. The van der Waals surface area contributed by atoms with E-state index >= 15 is 0 Å². The van der Waals surface area contributed by atoms with Crippen LogP contribution in [0.15, 0.2) is 48.5 Å². The van der Waals surface area contributed by atoms with Crippen LogP contribution in [0.5, 0.6) is 5.75 Å². The van der Waals surface area contributed by atoms with E-state index < -0.39 is 6.04 Å². The van der Waals surface area contributed by atoms with E-state index in [1.54, 1.807) is 13.0 Å². The summed E-state index contributed by atoms with van der Waals surface area (Å²) in [5.74, 6) is 0.194. The minimum atomic E-state index is -0.643. The Balaban J connectivity index is 2.14. The average Bonchev–Trinajstić information content (AvgIpc) is 2.72. The zero-order valence-electron chi connectivity index (χ0n) is 17.3. The van der Waals surface area contributed by atoms with Gasteiger partial charge in [-0.05, 0) is 43.5 Å². The molecule has 29 heavy (non-hydrogen) atoms. The first-order chi connectivity index (χ1) is 13.9. The van der Waals surface area contributed by atoms with E-state index in [0.717, 1.165) is 24.0 Å². The fourth-order valence-corrected chi connectivity index (χ4v) is 3.07. The first-order valence-corrected chi connectivity index (χ1v) is 10.3. The maximum Gasteiger partial charge on any atom is 0.261 e. The second-order valence-electron chi connectivity index (χ2n) is 6.99. The third kappa shape index (κ3) is 6.79. The van der Waals surface area contributed by atoms with Gasteiger partial charge in [-0.3, -0.25) is 9.59 Å². The molecule has 2 rings (SSSR count). The highest BCUT2D eigenvalue weighted by molar-refractivity contribution is 6.31. The summed E-state index contributed by atoms with van der Waals surface area (Å²) in [5, 5.41) is 3.45. The van der Waals surface area contributed by atoms with E-state index in [9.17, 15) is 9.59 Å². The van der Waals surface area contributed by atoms with Crippen LogP contribution in [0.2, 0.25) is 5.02 Å². The van der Waals surface area contributed by atoms with Gasteiger partial charge in [0.2, 0.25) is 5.91 Å². The molecule has 1 atom stereocenters. The number of aryl methyl sites for hydroxylation is 1. The topological polar surface area (TPSA) is 58.6 Å². The summed E-state index contributed by atoms with van der Waals surface area (Å²) < 4.78 is 5.72. The lowest BCUT2D eigenvalue weighted by molar-refractivity contribution is -0.142. The summed E-state index contributed by atoms with van der Waals surface area (Å²) >= 11 is 6.28. The van der Waals surface area contributed by atoms with Crippen molar-refractivity contribution in [3.05, 3.63) is 64.7 Å². The monoisotopic (exact) mass is 416 g/mol. The highest BCUT2D eigenvalue weighted by Crippen LogP contribution is 2.20. The molecule has 156 valence electrons. The molecule has 2 amide bonds. The van der Waals surface area contributed by atoms with Gasteiger partial charge in [-0.1, -0.05) is 61.3 Å². The quantitative estimate of drug-likeness (QED) is 0.585. The van der Waals surface area contributed by atoms with Crippen molar-refractivity contribution >= 4 is 23.4 Å². The summed E-state index contributed by atoms with van der Waals surface area (Å²) in [6.45, 7) is 6.38. The molecule has 0 aliphatic heterocycles. The SMILES string of the molecule is CCCCNC(=O)[C@H](C)N(Cc1ccccc1Cl)C(=O)COc1ccccc1C. The van der Waals surface area contributed by atoms with E-state index in [2.05, 4.69) is 12.2 Å². The number of benzene rings is 2. The normalized spacial score (nSPS) is 11.6. The smallest absolute Gasteiger partial charge is 0.261 e. The molecule has 0 aliphatic rings. The first-order valence-electron chi connectivity index (χ1n) is 9.93. The summed E-state index contributed by atoms with van der Waals surface area (Å²) in [7, 11) is 0. The van der Waals surface area contributed by atoms with Crippen LogP contribution in [0.3, 0.4) is 0 Å². The van der Waals surface area contributed by atoms with Crippen LogP contribution in [-0.4, -0.2) is 35.9 Å². The van der Waals surface area contributed by atoms with Gasteiger partial charge in [0.1, 0.15) is 11.8 Å². The molecule has 0 saturated carbocycles. The summed E-state index contributed by atoms with van der Waals surface area (Å²) in [4.78, 5) is 27.1. The van der Waals surface area contributed by atoms with E-state index in [4.69, 9.17) is 16.3 Å². The Morgan fingerprint density at radius 3 is 2.52 bits per heavy atom. The lowest BCUT2D eigenvalue weighted by Gasteiger charge is -2.29. The van der Waals surface area contributed by atoms with E-state index in [-0.39, 0.29) is 25.0 Å². The fraction of sp³-hybridized carbons (Fsp3) is 0.391. The minimum absolute atomic E-state index is 0.151. The third-order valence-electron chi connectivity index (χ3n) is 4.74. The maximum absolute atomic E-state index is 13.0. The minimum Gasteiger partial charge on any atom is -0.484 e. The first kappa shape index (κ1) is 22.8. The van der Waals surface area contributed by atoms with Crippen LogP contribution >= 0.6 is 11.6 Å². The lowest BCUT2D eigenvalue weighted by atomic mass is 10.1. The third-order valence-corrected chi connectivity index (χ3v) is 5.11. The van der Waals surface area contributed by atoms with Crippen LogP contribution in [-0.2, 0) is 16.1 Å². The Kier molecular flexibility index (Phi) is 9.00. The van der Waals surface area contributed by atoms with Crippen molar-refractivity contribution in [2.45, 2.75) is 46.2 Å². The van der Waals surface area contributed by atoms with Crippen LogP contribution in [0.1, 0.15) is 37.8 Å². The van der Waals surface area contributed by atoms with Gasteiger partial charge in [-0.15, -0.1) is 0 Å². The average molecular weight is 417 g/mol. The van der Waals surface area contributed by atoms with Gasteiger partial charge in [0.05, 0.1) is 0 Å². The number of carbonyl (C=O) groups is 2.